The van der Waals surface area contributed by atoms with E-state index in [0.29, 0.717) is 13.2 Å². The first-order chi connectivity index (χ1) is 8.31. The first-order valence-electron chi connectivity index (χ1n) is 6.26. The third-order valence-corrected chi connectivity index (χ3v) is 2.23. The summed E-state index contributed by atoms with van der Waals surface area (Å²) in [5.41, 5.74) is 0. The van der Waals surface area contributed by atoms with Crippen molar-refractivity contribution in [3.8, 4) is 0 Å². The van der Waals surface area contributed by atoms with Crippen LogP contribution in [0.5, 0.6) is 0 Å². The molecule has 0 fully saturated rings. The van der Waals surface area contributed by atoms with E-state index >= 15 is 0 Å². The van der Waals surface area contributed by atoms with Crippen molar-refractivity contribution < 1.29 is 14.3 Å². The topological polar surface area (TPSA) is 35.5 Å². The van der Waals surface area contributed by atoms with Crippen LogP contribution in [0.15, 0.2) is 25.3 Å². The van der Waals surface area contributed by atoms with Crippen molar-refractivity contribution in [1.29, 1.82) is 0 Å². The second-order valence-electron chi connectivity index (χ2n) is 3.84. The molecule has 0 radical (unpaired) electrons. The number of hydrogen-bond acceptors (Lipinski definition) is 3. The second-order valence-corrected chi connectivity index (χ2v) is 3.84. The van der Waals surface area contributed by atoms with E-state index < -0.39 is 0 Å². The lowest BCUT2D eigenvalue weighted by Gasteiger charge is -2.05. The highest BCUT2D eigenvalue weighted by molar-refractivity contribution is 5.70. The Morgan fingerprint density at radius 3 is 2.12 bits per heavy atom. The van der Waals surface area contributed by atoms with Crippen LogP contribution in [0.3, 0.4) is 0 Å². The van der Waals surface area contributed by atoms with Crippen LogP contribution in [0.1, 0.15) is 38.5 Å². The van der Waals surface area contributed by atoms with Crippen LogP contribution < -0.4 is 0 Å². The fourth-order valence-electron chi connectivity index (χ4n) is 1.27. The number of allylic oxidation sites excluding steroid dienone is 2. The molecular formula is C14H24O3. The second kappa shape index (κ2) is 13.0. The third kappa shape index (κ3) is 12.8. The molecule has 0 rings (SSSR count). The summed E-state index contributed by atoms with van der Waals surface area (Å²) in [5.74, 6) is -0.271. The van der Waals surface area contributed by atoms with Crippen LogP contribution >= 0.6 is 0 Å². The Morgan fingerprint density at radius 1 is 0.941 bits per heavy atom. The summed E-state index contributed by atoms with van der Waals surface area (Å²) in [6.07, 6.45) is 9.63. The zero-order valence-corrected chi connectivity index (χ0v) is 10.7. The van der Waals surface area contributed by atoms with Crippen LogP contribution in [0.4, 0.5) is 0 Å². The number of hydrogen-bond donors (Lipinski definition) is 0. The Bertz CT molecular complexity index is 212. The quantitative estimate of drug-likeness (QED) is 0.298. The number of carbonyl (C=O) groups is 1. The van der Waals surface area contributed by atoms with Crippen LogP contribution in [0.25, 0.3) is 0 Å². The smallest absolute Gasteiger partial charge is 0.332 e. The first kappa shape index (κ1) is 15.9. The lowest BCUT2D eigenvalue weighted by atomic mass is 10.2. The maximum atomic E-state index is 11.2. The monoisotopic (exact) mass is 240 g/mol. The van der Waals surface area contributed by atoms with Crippen LogP contribution in [0.2, 0.25) is 0 Å². The summed E-state index contributed by atoms with van der Waals surface area (Å²) >= 11 is 0. The van der Waals surface area contributed by atoms with Gasteiger partial charge in [0.15, 0.2) is 0 Å². The molecule has 0 bridgehead atoms. The van der Waals surface area contributed by atoms with Crippen molar-refractivity contribution in [3.05, 3.63) is 25.3 Å². The van der Waals surface area contributed by atoms with E-state index in [1.54, 1.807) is 0 Å². The molecule has 98 valence electrons. The average molecular weight is 240 g/mol. The maximum absolute atomic E-state index is 11.2. The molecule has 0 amide bonds. The van der Waals surface area contributed by atoms with Gasteiger partial charge in [0, 0.05) is 6.61 Å². The van der Waals surface area contributed by atoms with Crippen molar-refractivity contribution in [2.75, 3.05) is 19.8 Å². The van der Waals surface area contributed by atoms with Gasteiger partial charge in [-0.25, -0.2) is 4.79 Å². The minimum Gasteiger partial charge on any atom is -0.464 e. The molecule has 0 aromatic rings. The summed E-state index contributed by atoms with van der Waals surface area (Å²) < 4.78 is 10.2. The molecule has 0 aliphatic carbocycles. The highest BCUT2D eigenvalue weighted by atomic mass is 16.6. The van der Waals surface area contributed by atoms with Gasteiger partial charge in [0.05, 0.1) is 6.61 Å². The molecular weight excluding hydrogens is 216 g/mol. The molecule has 0 heterocycles. The van der Waals surface area contributed by atoms with Gasteiger partial charge in [-0.3, -0.25) is 0 Å². The lowest BCUT2D eigenvalue weighted by molar-refractivity contribution is -0.149. The van der Waals surface area contributed by atoms with Gasteiger partial charge in [0.2, 0.25) is 0 Å². The van der Waals surface area contributed by atoms with Crippen molar-refractivity contribution in [2.45, 2.75) is 38.5 Å². The highest BCUT2D eigenvalue weighted by Gasteiger charge is 2.01. The molecule has 0 aliphatic heterocycles. The zero-order valence-electron chi connectivity index (χ0n) is 10.7. The van der Waals surface area contributed by atoms with Gasteiger partial charge in [-0.15, -0.1) is 13.2 Å². The van der Waals surface area contributed by atoms with E-state index in [1.807, 2.05) is 12.2 Å². The predicted octanol–water partition coefficient (Wildman–Crippen LogP) is 3.26. The Hall–Kier alpha value is -1.09. The largest absolute Gasteiger partial charge is 0.464 e. The number of unbranched alkanes of at least 4 members (excludes halogenated alkanes) is 4. The Labute approximate surface area is 104 Å². The third-order valence-electron chi connectivity index (χ3n) is 2.23. The van der Waals surface area contributed by atoms with Gasteiger partial charge in [-0.05, 0) is 38.5 Å². The molecule has 0 saturated heterocycles. The van der Waals surface area contributed by atoms with Gasteiger partial charge in [-0.1, -0.05) is 12.2 Å². The van der Waals surface area contributed by atoms with Crippen molar-refractivity contribution in [1.82, 2.24) is 0 Å². The average Bonchev–Trinajstić information content (AvgIpc) is 2.33. The van der Waals surface area contributed by atoms with E-state index in [4.69, 9.17) is 9.47 Å². The summed E-state index contributed by atoms with van der Waals surface area (Å²) in [5, 5.41) is 0. The first-order valence-corrected chi connectivity index (χ1v) is 6.26. The number of esters is 1. The molecule has 0 aliphatic rings. The van der Waals surface area contributed by atoms with Gasteiger partial charge in [0.25, 0.3) is 0 Å². The molecule has 0 spiro atoms. The SMILES string of the molecule is C=CCCCCOCC(=O)OCCCCC=C. The molecule has 0 aromatic carbocycles. The normalized spacial score (nSPS) is 9.88. The van der Waals surface area contributed by atoms with E-state index in [1.165, 1.54) is 0 Å². The standard InChI is InChI=1S/C14H24O3/c1-3-5-7-9-11-16-13-14(15)17-12-10-8-6-4-2/h3-4H,1-2,5-13H2. The van der Waals surface area contributed by atoms with Gasteiger partial charge in [-0.2, -0.15) is 0 Å². The van der Waals surface area contributed by atoms with Crippen molar-refractivity contribution >= 4 is 5.97 Å². The summed E-state index contributed by atoms with van der Waals surface area (Å²) in [7, 11) is 0. The van der Waals surface area contributed by atoms with Gasteiger partial charge in [0.1, 0.15) is 6.61 Å². The Morgan fingerprint density at radius 2 is 1.53 bits per heavy atom. The Balaban J connectivity index is 3.17. The summed E-state index contributed by atoms with van der Waals surface area (Å²) in [6, 6.07) is 0. The summed E-state index contributed by atoms with van der Waals surface area (Å²) in [6.45, 7) is 8.43. The highest BCUT2D eigenvalue weighted by Crippen LogP contribution is 1.98. The number of ether oxygens (including phenoxy) is 2. The van der Waals surface area contributed by atoms with Gasteiger partial charge < -0.3 is 9.47 Å². The van der Waals surface area contributed by atoms with E-state index in [-0.39, 0.29) is 12.6 Å². The van der Waals surface area contributed by atoms with E-state index in [0.717, 1.165) is 38.5 Å². The zero-order chi connectivity index (χ0) is 12.8. The minimum absolute atomic E-state index is 0.0650. The maximum Gasteiger partial charge on any atom is 0.332 e. The van der Waals surface area contributed by atoms with Crippen molar-refractivity contribution in [2.24, 2.45) is 0 Å². The van der Waals surface area contributed by atoms with Crippen LogP contribution in [0, 0.1) is 0 Å². The van der Waals surface area contributed by atoms with Crippen molar-refractivity contribution in [3.63, 3.8) is 0 Å². The van der Waals surface area contributed by atoms with Crippen LogP contribution in [-0.4, -0.2) is 25.8 Å². The molecule has 17 heavy (non-hydrogen) atoms. The summed E-state index contributed by atoms with van der Waals surface area (Å²) in [4.78, 5) is 11.2. The molecule has 3 heteroatoms. The fourth-order valence-corrected chi connectivity index (χ4v) is 1.27. The molecule has 0 N–H and O–H groups in total. The van der Waals surface area contributed by atoms with Gasteiger partial charge >= 0.3 is 5.97 Å². The van der Waals surface area contributed by atoms with E-state index in [9.17, 15) is 4.79 Å². The minimum atomic E-state index is -0.271. The molecule has 0 aromatic heterocycles. The number of rotatable bonds is 12. The fraction of sp³-hybridized carbons (Fsp3) is 0.643. The van der Waals surface area contributed by atoms with E-state index in [2.05, 4.69) is 13.2 Å². The van der Waals surface area contributed by atoms with Crippen LogP contribution in [-0.2, 0) is 14.3 Å². The predicted molar refractivity (Wildman–Crippen MR) is 69.9 cm³/mol. The lowest BCUT2D eigenvalue weighted by Crippen LogP contribution is -2.13. The molecule has 3 nitrogen and oxygen atoms in total. The number of carbonyl (C=O) groups excluding carboxylic acids is 1. The molecule has 0 saturated carbocycles. The molecule has 0 atom stereocenters. The Kier molecular flexibility index (Phi) is 12.1. The molecule has 0 unspecified atom stereocenters.